The quantitative estimate of drug-likeness (QED) is 0.443. The summed E-state index contributed by atoms with van der Waals surface area (Å²) < 4.78 is 33.6. The minimum Gasteiger partial charge on any atom is -0.495 e. The number of rotatable bonds is 8. The molecule has 0 saturated carbocycles. The summed E-state index contributed by atoms with van der Waals surface area (Å²) in [6, 6.07) is 17.5. The molecular weight excluding hydrogens is 466 g/mol. The van der Waals surface area contributed by atoms with E-state index in [4.69, 9.17) is 16.3 Å². The SMILES string of the molecule is COc1ccc(C(=O)Nc2cccc(NC(C)=O)c2)cc1S(=O)(=O)NCc1ccc(Cl)cc1. The molecule has 3 N–H and O–H groups in total. The summed E-state index contributed by atoms with van der Waals surface area (Å²) in [6.07, 6.45) is 0. The first kappa shape index (κ1) is 24.2. The lowest BCUT2D eigenvalue weighted by Gasteiger charge is -2.13. The smallest absolute Gasteiger partial charge is 0.255 e. The van der Waals surface area contributed by atoms with Gasteiger partial charge < -0.3 is 15.4 Å². The molecule has 2 amide bonds. The lowest BCUT2D eigenvalue weighted by Crippen LogP contribution is -2.24. The predicted octanol–water partition coefficient (Wildman–Crippen LogP) is 4.04. The first-order valence-corrected chi connectivity index (χ1v) is 11.7. The maximum atomic E-state index is 12.9. The lowest BCUT2D eigenvalue weighted by molar-refractivity contribution is -0.114. The van der Waals surface area contributed by atoms with E-state index in [0.29, 0.717) is 16.4 Å². The van der Waals surface area contributed by atoms with Crippen molar-refractivity contribution in [3.8, 4) is 5.75 Å². The molecule has 0 aliphatic carbocycles. The van der Waals surface area contributed by atoms with Crippen molar-refractivity contribution in [2.24, 2.45) is 0 Å². The maximum Gasteiger partial charge on any atom is 0.255 e. The molecule has 3 aromatic rings. The van der Waals surface area contributed by atoms with E-state index in [1.54, 1.807) is 48.5 Å². The molecule has 8 nitrogen and oxygen atoms in total. The Morgan fingerprint density at radius 3 is 2.24 bits per heavy atom. The number of hydrogen-bond acceptors (Lipinski definition) is 5. The third-order valence-corrected chi connectivity index (χ3v) is 6.21. The summed E-state index contributed by atoms with van der Waals surface area (Å²) in [4.78, 5) is 23.8. The number of methoxy groups -OCH3 is 1. The monoisotopic (exact) mass is 487 g/mol. The standard InChI is InChI=1S/C23H22ClN3O5S/c1-15(28)26-19-4-3-5-20(13-19)27-23(29)17-8-11-21(32-2)22(12-17)33(30,31)25-14-16-6-9-18(24)10-7-16/h3-13,25H,14H2,1-2H3,(H,26,28)(H,27,29). The van der Waals surface area contributed by atoms with E-state index in [1.807, 2.05) is 0 Å². The summed E-state index contributed by atoms with van der Waals surface area (Å²) in [5, 5.41) is 5.87. The third kappa shape index (κ3) is 6.55. The Balaban J connectivity index is 1.81. The van der Waals surface area contributed by atoms with Crippen LogP contribution in [0.1, 0.15) is 22.8 Å². The van der Waals surface area contributed by atoms with E-state index < -0.39 is 15.9 Å². The van der Waals surface area contributed by atoms with Crippen LogP contribution in [0.25, 0.3) is 0 Å². The number of nitrogens with one attached hydrogen (secondary N) is 3. The average molecular weight is 488 g/mol. The van der Waals surface area contributed by atoms with Gasteiger partial charge in [0.25, 0.3) is 5.91 Å². The van der Waals surface area contributed by atoms with Gasteiger partial charge >= 0.3 is 0 Å². The van der Waals surface area contributed by atoms with E-state index in [9.17, 15) is 18.0 Å². The van der Waals surface area contributed by atoms with Crippen LogP contribution in [0.15, 0.2) is 71.6 Å². The summed E-state index contributed by atoms with van der Waals surface area (Å²) in [5.74, 6) is -0.663. The molecule has 0 aliphatic rings. The van der Waals surface area contributed by atoms with Gasteiger partial charge in [0, 0.05) is 35.4 Å². The molecule has 3 rings (SSSR count). The second-order valence-corrected chi connectivity index (χ2v) is 9.20. The lowest BCUT2D eigenvalue weighted by atomic mass is 10.2. The van der Waals surface area contributed by atoms with Crippen molar-refractivity contribution in [1.29, 1.82) is 0 Å². The highest BCUT2D eigenvalue weighted by Gasteiger charge is 2.22. The van der Waals surface area contributed by atoms with Gasteiger partial charge in [-0.25, -0.2) is 13.1 Å². The van der Waals surface area contributed by atoms with Gasteiger partial charge in [-0.3, -0.25) is 9.59 Å². The zero-order chi connectivity index (χ0) is 24.0. The molecule has 0 saturated heterocycles. The average Bonchev–Trinajstić information content (AvgIpc) is 2.78. The Morgan fingerprint density at radius 1 is 0.939 bits per heavy atom. The van der Waals surface area contributed by atoms with E-state index in [2.05, 4.69) is 15.4 Å². The fourth-order valence-electron chi connectivity index (χ4n) is 2.97. The minimum absolute atomic E-state index is 0.0367. The topological polar surface area (TPSA) is 114 Å². The van der Waals surface area contributed by atoms with Crippen LogP contribution in [0.3, 0.4) is 0 Å². The molecule has 172 valence electrons. The van der Waals surface area contributed by atoms with Gasteiger partial charge in [0.1, 0.15) is 10.6 Å². The van der Waals surface area contributed by atoms with E-state index in [0.717, 1.165) is 5.56 Å². The van der Waals surface area contributed by atoms with Crippen LogP contribution in [0.4, 0.5) is 11.4 Å². The molecule has 0 spiro atoms. The number of benzene rings is 3. The van der Waals surface area contributed by atoms with Crippen molar-refractivity contribution in [3.63, 3.8) is 0 Å². The van der Waals surface area contributed by atoms with E-state index in [-0.39, 0.29) is 28.7 Å². The van der Waals surface area contributed by atoms with Crippen LogP contribution in [0.5, 0.6) is 5.75 Å². The zero-order valence-electron chi connectivity index (χ0n) is 17.9. The molecule has 0 unspecified atom stereocenters. The van der Waals surface area contributed by atoms with Crippen molar-refractivity contribution >= 4 is 44.8 Å². The normalized spacial score (nSPS) is 11.0. The Hall–Kier alpha value is -3.40. The molecular formula is C23H22ClN3O5S. The van der Waals surface area contributed by atoms with Gasteiger partial charge in [-0.15, -0.1) is 0 Å². The van der Waals surface area contributed by atoms with Gasteiger partial charge in [0.2, 0.25) is 15.9 Å². The van der Waals surface area contributed by atoms with Crippen LogP contribution in [-0.2, 0) is 21.4 Å². The fourth-order valence-corrected chi connectivity index (χ4v) is 4.30. The summed E-state index contributed by atoms with van der Waals surface area (Å²) in [6.45, 7) is 1.42. The second-order valence-electron chi connectivity index (χ2n) is 7.03. The number of carbonyl (C=O) groups excluding carboxylic acids is 2. The molecule has 0 heterocycles. The van der Waals surface area contributed by atoms with Crippen LogP contribution >= 0.6 is 11.6 Å². The zero-order valence-corrected chi connectivity index (χ0v) is 19.5. The summed E-state index contributed by atoms with van der Waals surface area (Å²) >= 11 is 5.86. The number of ether oxygens (including phenoxy) is 1. The Kier molecular flexibility index (Phi) is 7.70. The number of sulfonamides is 1. The first-order valence-electron chi connectivity index (χ1n) is 9.79. The van der Waals surface area contributed by atoms with Gasteiger partial charge in [-0.1, -0.05) is 29.8 Å². The van der Waals surface area contributed by atoms with E-state index in [1.165, 1.54) is 32.2 Å². The van der Waals surface area contributed by atoms with Crippen molar-refractivity contribution in [3.05, 3.63) is 82.9 Å². The molecule has 3 aromatic carbocycles. The number of halogens is 1. The fraction of sp³-hybridized carbons (Fsp3) is 0.130. The van der Waals surface area contributed by atoms with Gasteiger partial charge in [-0.2, -0.15) is 0 Å². The van der Waals surface area contributed by atoms with Gasteiger partial charge in [0.15, 0.2) is 0 Å². The molecule has 0 aromatic heterocycles. The first-order chi connectivity index (χ1) is 15.7. The number of amides is 2. The van der Waals surface area contributed by atoms with Gasteiger partial charge in [-0.05, 0) is 54.1 Å². The van der Waals surface area contributed by atoms with Crippen molar-refractivity contribution in [2.75, 3.05) is 17.7 Å². The predicted molar refractivity (Wildman–Crippen MR) is 127 cm³/mol. The highest BCUT2D eigenvalue weighted by Crippen LogP contribution is 2.26. The molecule has 0 atom stereocenters. The molecule has 10 heteroatoms. The molecule has 0 fully saturated rings. The maximum absolute atomic E-state index is 12.9. The van der Waals surface area contributed by atoms with Crippen LogP contribution < -0.4 is 20.1 Å². The largest absolute Gasteiger partial charge is 0.495 e. The van der Waals surface area contributed by atoms with Crippen LogP contribution in [0.2, 0.25) is 5.02 Å². The Morgan fingerprint density at radius 2 is 1.61 bits per heavy atom. The van der Waals surface area contributed by atoms with Crippen molar-refractivity contribution in [1.82, 2.24) is 4.72 Å². The van der Waals surface area contributed by atoms with Crippen LogP contribution in [0, 0.1) is 0 Å². The third-order valence-electron chi connectivity index (χ3n) is 4.54. The number of carbonyl (C=O) groups is 2. The second kappa shape index (κ2) is 10.5. The van der Waals surface area contributed by atoms with Gasteiger partial charge in [0.05, 0.1) is 7.11 Å². The molecule has 0 radical (unpaired) electrons. The highest BCUT2D eigenvalue weighted by molar-refractivity contribution is 7.89. The van der Waals surface area contributed by atoms with Crippen molar-refractivity contribution < 1.29 is 22.7 Å². The minimum atomic E-state index is -4.00. The molecule has 33 heavy (non-hydrogen) atoms. The molecule has 0 aliphatic heterocycles. The highest BCUT2D eigenvalue weighted by atomic mass is 35.5. The Bertz CT molecular complexity index is 1280. The summed E-state index contributed by atoms with van der Waals surface area (Å²) in [7, 11) is -2.65. The number of anilines is 2. The number of hydrogen-bond donors (Lipinski definition) is 3. The molecule has 0 bridgehead atoms. The van der Waals surface area contributed by atoms with Crippen molar-refractivity contribution in [2.45, 2.75) is 18.4 Å². The summed E-state index contributed by atoms with van der Waals surface area (Å²) in [5.41, 5.74) is 1.79. The Labute approximate surface area is 197 Å². The van der Waals surface area contributed by atoms with E-state index >= 15 is 0 Å². The van der Waals surface area contributed by atoms with Crippen LogP contribution in [-0.4, -0.2) is 27.3 Å².